The number of hydrogen-bond acceptors (Lipinski definition) is 3. The average Bonchev–Trinajstić information content (AvgIpc) is 2.41. The van der Waals surface area contributed by atoms with Crippen LogP contribution in [0.5, 0.6) is 0 Å². The number of carbonyl (C=O) groups is 1. The molecule has 1 amide bonds. The van der Waals surface area contributed by atoms with Gasteiger partial charge >= 0.3 is 0 Å². The summed E-state index contributed by atoms with van der Waals surface area (Å²) in [7, 11) is 0. The summed E-state index contributed by atoms with van der Waals surface area (Å²) < 4.78 is 5.45. The molecule has 5 heteroatoms. The van der Waals surface area contributed by atoms with Gasteiger partial charge < -0.3 is 15.4 Å². The van der Waals surface area contributed by atoms with E-state index >= 15 is 0 Å². The van der Waals surface area contributed by atoms with Crippen LogP contribution in [0.15, 0.2) is 18.2 Å². The van der Waals surface area contributed by atoms with E-state index in [1.54, 1.807) is 6.07 Å². The zero-order valence-electron chi connectivity index (χ0n) is 13.0. The summed E-state index contributed by atoms with van der Waals surface area (Å²) in [4.78, 5) is 11.8. The molecule has 0 atom stereocenters. The molecule has 0 unspecified atom stereocenters. The molecule has 0 bridgehead atoms. The Balaban J connectivity index is 2.15. The van der Waals surface area contributed by atoms with Gasteiger partial charge in [-0.1, -0.05) is 17.7 Å². The minimum atomic E-state index is -0.0567. The van der Waals surface area contributed by atoms with Crippen LogP contribution in [0.2, 0.25) is 5.02 Å². The lowest BCUT2D eigenvalue weighted by Gasteiger charge is -2.10. The van der Waals surface area contributed by atoms with Crippen molar-refractivity contribution in [3.63, 3.8) is 0 Å². The second kappa shape index (κ2) is 9.77. The molecule has 0 aliphatic carbocycles. The fourth-order valence-corrected chi connectivity index (χ4v) is 1.97. The third-order valence-corrected chi connectivity index (χ3v) is 3.19. The van der Waals surface area contributed by atoms with Gasteiger partial charge in [-0.05, 0) is 57.9 Å². The molecule has 1 aromatic rings. The van der Waals surface area contributed by atoms with Gasteiger partial charge in [-0.3, -0.25) is 4.79 Å². The molecule has 0 saturated carbocycles. The van der Waals surface area contributed by atoms with Gasteiger partial charge in [0.2, 0.25) is 5.91 Å². The van der Waals surface area contributed by atoms with Gasteiger partial charge in [0, 0.05) is 17.3 Å². The summed E-state index contributed by atoms with van der Waals surface area (Å²) in [5, 5.41) is 6.60. The van der Waals surface area contributed by atoms with Crippen LogP contribution < -0.4 is 10.6 Å². The van der Waals surface area contributed by atoms with Gasteiger partial charge in [0.15, 0.2) is 0 Å². The molecule has 0 aliphatic rings. The number of carbonyl (C=O) groups excluding carboxylic acids is 1. The van der Waals surface area contributed by atoms with Crippen molar-refractivity contribution >= 4 is 23.2 Å². The van der Waals surface area contributed by atoms with Crippen LogP contribution in [-0.2, 0) is 9.53 Å². The number of aryl methyl sites for hydroxylation is 1. The minimum Gasteiger partial charge on any atom is -0.379 e. The summed E-state index contributed by atoms with van der Waals surface area (Å²) >= 11 is 5.92. The van der Waals surface area contributed by atoms with E-state index in [1.807, 2.05) is 32.9 Å². The molecule has 1 rings (SSSR count). The largest absolute Gasteiger partial charge is 0.379 e. The Morgan fingerprint density at radius 3 is 2.81 bits per heavy atom. The maximum absolute atomic E-state index is 11.8. The Hall–Kier alpha value is -1.10. The number of rotatable bonds is 9. The molecule has 118 valence electrons. The summed E-state index contributed by atoms with van der Waals surface area (Å²) in [6.07, 6.45) is 2.28. The number of halogens is 1. The van der Waals surface area contributed by atoms with Crippen molar-refractivity contribution in [3.05, 3.63) is 28.8 Å². The van der Waals surface area contributed by atoms with Crippen LogP contribution in [0, 0.1) is 6.92 Å². The van der Waals surface area contributed by atoms with E-state index in [9.17, 15) is 4.79 Å². The quantitative estimate of drug-likeness (QED) is 0.687. The molecule has 0 saturated heterocycles. The van der Waals surface area contributed by atoms with Crippen LogP contribution in [0.25, 0.3) is 0 Å². The van der Waals surface area contributed by atoms with E-state index in [2.05, 4.69) is 10.6 Å². The molecule has 2 N–H and O–H groups in total. The predicted octanol–water partition coefficient (Wildman–Crippen LogP) is 3.38. The number of nitrogens with one attached hydrogen (secondary N) is 2. The van der Waals surface area contributed by atoms with E-state index < -0.39 is 0 Å². The van der Waals surface area contributed by atoms with Crippen molar-refractivity contribution in [1.29, 1.82) is 0 Å². The van der Waals surface area contributed by atoms with Crippen molar-refractivity contribution in [2.75, 3.05) is 25.0 Å². The van der Waals surface area contributed by atoms with Crippen LogP contribution in [0.3, 0.4) is 0 Å². The number of unbranched alkanes of at least 4 members (excludes halogenated alkanes) is 1. The second-order valence-electron chi connectivity index (χ2n) is 5.31. The monoisotopic (exact) mass is 312 g/mol. The summed E-state index contributed by atoms with van der Waals surface area (Å²) in [6, 6.07) is 5.46. The molecule has 4 nitrogen and oxygen atoms in total. The highest BCUT2D eigenvalue weighted by Gasteiger charge is 2.05. The van der Waals surface area contributed by atoms with Gasteiger partial charge in [0.25, 0.3) is 0 Å². The number of hydrogen-bond donors (Lipinski definition) is 2. The maximum atomic E-state index is 11.8. The molecule has 0 heterocycles. The highest BCUT2D eigenvalue weighted by atomic mass is 35.5. The molecule has 0 aromatic heterocycles. The lowest BCUT2D eigenvalue weighted by atomic mass is 10.2. The highest BCUT2D eigenvalue weighted by molar-refractivity contribution is 6.31. The molecular formula is C16H25ClN2O2. The van der Waals surface area contributed by atoms with Crippen LogP contribution >= 0.6 is 11.6 Å². The van der Waals surface area contributed by atoms with Gasteiger partial charge in [-0.25, -0.2) is 0 Å². The Bertz CT molecular complexity index is 450. The Morgan fingerprint density at radius 2 is 2.10 bits per heavy atom. The number of amides is 1. The lowest BCUT2D eigenvalue weighted by Crippen LogP contribution is -2.29. The molecular weight excluding hydrogens is 288 g/mol. The third kappa shape index (κ3) is 8.05. The van der Waals surface area contributed by atoms with Crippen molar-refractivity contribution in [3.8, 4) is 0 Å². The van der Waals surface area contributed by atoms with Crippen molar-refractivity contribution in [2.45, 2.75) is 39.7 Å². The Morgan fingerprint density at radius 1 is 1.33 bits per heavy atom. The number of anilines is 1. The van der Waals surface area contributed by atoms with E-state index in [4.69, 9.17) is 16.3 Å². The van der Waals surface area contributed by atoms with E-state index in [-0.39, 0.29) is 12.0 Å². The molecule has 0 spiro atoms. The van der Waals surface area contributed by atoms with Gasteiger partial charge in [-0.2, -0.15) is 0 Å². The van der Waals surface area contributed by atoms with Gasteiger partial charge in [0.05, 0.1) is 12.6 Å². The van der Waals surface area contributed by atoms with E-state index in [0.29, 0.717) is 11.6 Å². The first-order valence-corrected chi connectivity index (χ1v) is 7.75. The summed E-state index contributed by atoms with van der Waals surface area (Å²) in [5.74, 6) is -0.0567. The average molecular weight is 313 g/mol. The molecule has 0 aliphatic heterocycles. The fraction of sp³-hybridized carbons (Fsp3) is 0.562. The van der Waals surface area contributed by atoms with Crippen LogP contribution in [0.4, 0.5) is 5.69 Å². The summed E-state index contributed by atoms with van der Waals surface area (Å²) in [6.45, 7) is 7.88. The zero-order valence-corrected chi connectivity index (χ0v) is 13.8. The predicted molar refractivity (Wildman–Crippen MR) is 88.0 cm³/mol. The first kappa shape index (κ1) is 18.0. The van der Waals surface area contributed by atoms with Gasteiger partial charge in [0.1, 0.15) is 0 Å². The smallest absolute Gasteiger partial charge is 0.238 e. The summed E-state index contributed by atoms with van der Waals surface area (Å²) in [5.41, 5.74) is 1.76. The number of ether oxygens (including phenoxy) is 1. The fourth-order valence-electron chi connectivity index (χ4n) is 1.80. The molecule has 1 aromatic carbocycles. The van der Waals surface area contributed by atoms with Crippen LogP contribution in [0.1, 0.15) is 32.3 Å². The third-order valence-electron chi connectivity index (χ3n) is 2.96. The van der Waals surface area contributed by atoms with Crippen molar-refractivity contribution < 1.29 is 9.53 Å². The molecule has 0 radical (unpaired) electrons. The van der Waals surface area contributed by atoms with Crippen molar-refractivity contribution in [1.82, 2.24) is 5.32 Å². The topological polar surface area (TPSA) is 50.4 Å². The van der Waals surface area contributed by atoms with Crippen molar-refractivity contribution in [2.24, 2.45) is 0 Å². The molecule has 0 fully saturated rings. The second-order valence-corrected chi connectivity index (χ2v) is 5.75. The maximum Gasteiger partial charge on any atom is 0.238 e. The van der Waals surface area contributed by atoms with Gasteiger partial charge in [-0.15, -0.1) is 0 Å². The minimum absolute atomic E-state index is 0.0567. The Labute approximate surface area is 132 Å². The van der Waals surface area contributed by atoms with E-state index in [1.165, 1.54) is 0 Å². The normalized spacial score (nSPS) is 10.9. The first-order valence-electron chi connectivity index (χ1n) is 7.37. The highest BCUT2D eigenvalue weighted by Crippen LogP contribution is 2.19. The lowest BCUT2D eigenvalue weighted by molar-refractivity contribution is -0.115. The first-order chi connectivity index (χ1) is 9.99. The molecule has 21 heavy (non-hydrogen) atoms. The Kier molecular flexibility index (Phi) is 8.35. The number of benzene rings is 1. The van der Waals surface area contributed by atoms with E-state index in [0.717, 1.165) is 37.2 Å². The SMILES string of the molecule is Cc1ccc(Cl)cc1NC(=O)CNCCCCOC(C)C. The standard InChI is InChI=1S/C16H25ClN2O2/c1-12(2)21-9-5-4-8-18-11-16(20)19-15-10-14(17)7-6-13(15)3/h6-7,10,12,18H,4-5,8-9,11H2,1-3H3,(H,19,20). The van der Waals surface area contributed by atoms with Crippen LogP contribution in [-0.4, -0.2) is 31.7 Å². The zero-order chi connectivity index (χ0) is 15.7.